The molecule has 6 heteroatoms. The number of carbonyl (C=O) groups is 1. The van der Waals surface area contributed by atoms with Crippen molar-refractivity contribution in [1.29, 1.82) is 0 Å². The first-order chi connectivity index (χ1) is 12.1. The lowest BCUT2D eigenvalue weighted by Crippen LogP contribution is -2.18. The van der Waals surface area contributed by atoms with Crippen molar-refractivity contribution in [2.45, 2.75) is 13.5 Å². The summed E-state index contributed by atoms with van der Waals surface area (Å²) in [5, 5.41) is 11.1. The van der Waals surface area contributed by atoms with E-state index in [2.05, 4.69) is 32.6 Å². The van der Waals surface area contributed by atoms with Gasteiger partial charge in [0.05, 0.1) is 6.20 Å². The molecule has 1 aromatic heterocycles. The molecular formula is C19H19N5O. The van der Waals surface area contributed by atoms with Crippen LogP contribution in [0.4, 0.5) is 17.5 Å². The summed E-state index contributed by atoms with van der Waals surface area (Å²) in [6.45, 7) is 2.27. The summed E-state index contributed by atoms with van der Waals surface area (Å²) in [4.78, 5) is 17.8. The molecule has 0 radical (unpaired) electrons. The maximum atomic E-state index is 11.3. The molecular weight excluding hydrogens is 314 g/mol. The Morgan fingerprint density at radius 3 is 2.48 bits per heavy atom. The Hall–Kier alpha value is -3.28. The molecule has 0 aliphatic carbocycles. The van der Waals surface area contributed by atoms with E-state index in [0.717, 1.165) is 18.1 Å². The standard InChI is InChI=1S/C19H19N5O/c1-14(25)16-8-10-17(11-9-16)21-19-22-18(12-20-23-19)24(2)13-15-6-4-3-5-7-15/h3-12H,13H2,1-2H3,(H,21,22,23). The van der Waals surface area contributed by atoms with E-state index in [4.69, 9.17) is 0 Å². The number of aromatic nitrogens is 3. The second kappa shape index (κ2) is 7.53. The second-order valence-corrected chi connectivity index (χ2v) is 5.74. The van der Waals surface area contributed by atoms with Gasteiger partial charge in [0.25, 0.3) is 0 Å². The smallest absolute Gasteiger partial charge is 0.249 e. The van der Waals surface area contributed by atoms with Gasteiger partial charge in [0.2, 0.25) is 5.95 Å². The SMILES string of the molecule is CC(=O)c1ccc(Nc2nncc(N(C)Cc3ccccc3)n2)cc1. The van der Waals surface area contributed by atoms with Crippen molar-refractivity contribution in [3.8, 4) is 0 Å². The third kappa shape index (κ3) is 4.38. The fraction of sp³-hybridized carbons (Fsp3) is 0.158. The van der Waals surface area contributed by atoms with Crippen LogP contribution in [0.1, 0.15) is 22.8 Å². The molecule has 0 atom stereocenters. The van der Waals surface area contributed by atoms with Crippen LogP contribution in [0.3, 0.4) is 0 Å². The summed E-state index contributed by atoms with van der Waals surface area (Å²) in [6.07, 6.45) is 1.63. The van der Waals surface area contributed by atoms with Crippen LogP contribution in [0.2, 0.25) is 0 Å². The Balaban J connectivity index is 1.71. The first kappa shape index (κ1) is 16.6. The molecule has 6 nitrogen and oxygen atoms in total. The van der Waals surface area contributed by atoms with Gasteiger partial charge in [-0.15, -0.1) is 5.10 Å². The number of ketones is 1. The Morgan fingerprint density at radius 2 is 1.80 bits per heavy atom. The van der Waals surface area contributed by atoms with Crippen LogP contribution in [-0.2, 0) is 6.54 Å². The van der Waals surface area contributed by atoms with E-state index < -0.39 is 0 Å². The maximum absolute atomic E-state index is 11.3. The summed E-state index contributed by atoms with van der Waals surface area (Å²) in [5.74, 6) is 1.17. The number of hydrogen-bond acceptors (Lipinski definition) is 6. The van der Waals surface area contributed by atoms with Gasteiger partial charge < -0.3 is 10.2 Å². The molecule has 0 bridgehead atoms. The normalized spacial score (nSPS) is 10.3. The second-order valence-electron chi connectivity index (χ2n) is 5.74. The number of hydrogen-bond donors (Lipinski definition) is 1. The minimum absolute atomic E-state index is 0.0361. The zero-order valence-electron chi connectivity index (χ0n) is 14.2. The lowest BCUT2D eigenvalue weighted by molar-refractivity contribution is 0.101. The largest absolute Gasteiger partial charge is 0.354 e. The van der Waals surface area contributed by atoms with E-state index in [0.29, 0.717) is 11.5 Å². The Bertz CT molecular complexity index is 849. The predicted molar refractivity (Wildman–Crippen MR) is 98.1 cm³/mol. The molecule has 2 aromatic carbocycles. The van der Waals surface area contributed by atoms with E-state index in [-0.39, 0.29) is 5.78 Å². The summed E-state index contributed by atoms with van der Waals surface area (Å²) < 4.78 is 0. The molecule has 1 heterocycles. The van der Waals surface area contributed by atoms with Gasteiger partial charge in [-0.25, -0.2) is 0 Å². The van der Waals surface area contributed by atoms with Crippen LogP contribution in [0, 0.1) is 0 Å². The van der Waals surface area contributed by atoms with Crippen molar-refractivity contribution in [1.82, 2.24) is 15.2 Å². The predicted octanol–water partition coefficient (Wildman–Crippen LogP) is 3.45. The van der Waals surface area contributed by atoms with E-state index in [1.165, 1.54) is 5.56 Å². The van der Waals surface area contributed by atoms with Crippen LogP contribution in [0.25, 0.3) is 0 Å². The molecule has 3 rings (SSSR count). The van der Waals surface area contributed by atoms with Crippen molar-refractivity contribution in [3.63, 3.8) is 0 Å². The van der Waals surface area contributed by atoms with Crippen molar-refractivity contribution in [2.75, 3.05) is 17.3 Å². The Labute approximate surface area is 146 Å². The highest BCUT2D eigenvalue weighted by Gasteiger charge is 2.07. The van der Waals surface area contributed by atoms with Crippen molar-refractivity contribution in [3.05, 3.63) is 71.9 Å². The maximum Gasteiger partial charge on any atom is 0.249 e. The molecule has 0 spiro atoms. The van der Waals surface area contributed by atoms with Crippen LogP contribution in [0.15, 0.2) is 60.8 Å². The topological polar surface area (TPSA) is 71.0 Å². The van der Waals surface area contributed by atoms with Crippen molar-refractivity contribution >= 4 is 23.2 Å². The lowest BCUT2D eigenvalue weighted by Gasteiger charge is -2.18. The number of anilines is 3. The lowest BCUT2D eigenvalue weighted by atomic mass is 10.1. The molecule has 0 unspecified atom stereocenters. The highest BCUT2D eigenvalue weighted by Crippen LogP contribution is 2.17. The van der Waals surface area contributed by atoms with Gasteiger partial charge >= 0.3 is 0 Å². The number of Topliss-reactive ketones (excluding diaryl/α,β-unsaturated/α-hetero) is 1. The first-order valence-corrected chi connectivity index (χ1v) is 7.94. The minimum atomic E-state index is 0.0361. The number of nitrogens with zero attached hydrogens (tertiary/aromatic N) is 4. The van der Waals surface area contributed by atoms with Crippen LogP contribution in [-0.4, -0.2) is 28.0 Å². The van der Waals surface area contributed by atoms with Crippen molar-refractivity contribution in [2.24, 2.45) is 0 Å². The highest BCUT2D eigenvalue weighted by molar-refractivity contribution is 5.94. The number of rotatable bonds is 6. The molecule has 25 heavy (non-hydrogen) atoms. The number of benzene rings is 2. The summed E-state index contributed by atoms with van der Waals surface area (Å²) in [5.41, 5.74) is 2.66. The molecule has 0 fully saturated rings. The van der Waals surface area contributed by atoms with E-state index in [9.17, 15) is 4.79 Å². The highest BCUT2D eigenvalue weighted by atomic mass is 16.1. The van der Waals surface area contributed by atoms with Crippen LogP contribution >= 0.6 is 0 Å². The minimum Gasteiger partial charge on any atom is -0.354 e. The zero-order chi connectivity index (χ0) is 17.6. The molecule has 0 amide bonds. The summed E-state index contributed by atoms with van der Waals surface area (Å²) in [6, 6.07) is 17.3. The molecule has 1 N–H and O–H groups in total. The Kier molecular flexibility index (Phi) is 4.99. The van der Waals surface area contributed by atoms with Gasteiger partial charge in [-0.05, 0) is 36.8 Å². The van der Waals surface area contributed by atoms with Gasteiger partial charge in [0.15, 0.2) is 11.6 Å². The zero-order valence-corrected chi connectivity index (χ0v) is 14.2. The van der Waals surface area contributed by atoms with Gasteiger partial charge in [-0.1, -0.05) is 30.3 Å². The van der Waals surface area contributed by atoms with Gasteiger partial charge in [0.1, 0.15) is 0 Å². The third-order valence-electron chi connectivity index (χ3n) is 3.75. The molecule has 0 aliphatic rings. The molecule has 126 valence electrons. The monoisotopic (exact) mass is 333 g/mol. The first-order valence-electron chi connectivity index (χ1n) is 7.94. The average molecular weight is 333 g/mol. The molecule has 3 aromatic rings. The van der Waals surface area contributed by atoms with Crippen LogP contribution < -0.4 is 10.2 Å². The van der Waals surface area contributed by atoms with E-state index in [1.54, 1.807) is 25.3 Å². The van der Waals surface area contributed by atoms with E-state index >= 15 is 0 Å². The molecule has 0 saturated carbocycles. The van der Waals surface area contributed by atoms with Gasteiger partial charge in [0, 0.05) is 24.8 Å². The van der Waals surface area contributed by atoms with Crippen LogP contribution in [0.5, 0.6) is 0 Å². The molecule has 0 saturated heterocycles. The average Bonchev–Trinajstić information content (AvgIpc) is 2.63. The quantitative estimate of drug-likeness (QED) is 0.697. The molecule has 0 aliphatic heterocycles. The number of carbonyl (C=O) groups excluding carboxylic acids is 1. The number of nitrogens with one attached hydrogen (secondary N) is 1. The fourth-order valence-corrected chi connectivity index (χ4v) is 2.39. The summed E-state index contributed by atoms with van der Waals surface area (Å²) in [7, 11) is 1.96. The van der Waals surface area contributed by atoms with Crippen molar-refractivity contribution < 1.29 is 4.79 Å². The third-order valence-corrected chi connectivity index (χ3v) is 3.75. The van der Waals surface area contributed by atoms with E-state index in [1.807, 2.05) is 42.3 Å². The van der Waals surface area contributed by atoms with Gasteiger partial charge in [-0.2, -0.15) is 10.1 Å². The van der Waals surface area contributed by atoms with Gasteiger partial charge in [-0.3, -0.25) is 4.79 Å². The Morgan fingerprint density at radius 1 is 1.08 bits per heavy atom. The summed E-state index contributed by atoms with van der Waals surface area (Å²) >= 11 is 0. The fourth-order valence-electron chi connectivity index (χ4n) is 2.39.